The maximum Gasteiger partial charge on any atom is 0.333 e. The molecule has 10 heteroatoms. The predicted octanol–water partition coefficient (Wildman–Crippen LogP) is 3.52. The largest absolute Gasteiger partial charge is 0.333 e. The minimum atomic E-state index is -3.74. The summed E-state index contributed by atoms with van der Waals surface area (Å²) in [5.74, 6) is 0. The smallest absolute Gasteiger partial charge is 0.267 e. The molecule has 0 atom stereocenters. The minimum Gasteiger partial charge on any atom is -0.267 e. The summed E-state index contributed by atoms with van der Waals surface area (Å²) in [5.41, 5.74) is 1.61. The Morgan fingerprint density at radius 3 is 2.57 bits per heavy atom. The van der Waals surface area contributed by atoms with Crippen molar-refractivity contribution in [3.8, 4) is 11.3 Å². The maximum absolute atomic E-state index is 13.1. The van der Waals surface area contributed by atoms with E-state index < -0.39 is 14.9 Å². The molecular weight excluding hydrogens is 406 g/mol. The molecule has 0 aliphatic rings. The Bertz CT molecular complexity index is 1340. The maximum atomic E-state index is 13.1. The highest BCUT2D eigenvalue weighted by molar-refractivity contribution is 7.92. The van der Waals surface area contributed by atoms with Gasteiger partial charge in [0.15, 0.2) is 0 Å². The molecule has 0 N–H and O–H groups in total. The molecule has 0 unspecified atom stereocenters. The minimum absolute atomic E-state index is 0.118. The zero-order chi connectivity index (χ0) is 21.3. The molecule has 0 spiro atoms. The highest BCUT2D eigenvalue weighted by Gasteiger charge is 2.24. The summed E-state index contributed by atoms with van der Waals surface area (Å²) < 4.78 is 28.9. The molecule has 2 heterocycles. The van der Waals surface area contributed by atoms with E-state index in [1.54, 1.807) is 67.6 Å². The Kier molecular flexibility index (Phi) is 4.92. The standard InChI is InChI=1S/C20H17N5O4S/c1-2-23(30(28,29)17-9-4-3-5-10-17)16-8-6-7-15(13-16)18-11-12-21-20-19(25(26)27)14-22-24(18)20/h3-14H,2H2,1H3. The van der Waals surface area contributed by atoms with Gasteiger partial charge in [0.25, 0.3) is 10.0 Å². The first-order valence-electron chi connectivity index (χ1n) is 9.09. The topological polar surface area (TPSA) is 111 Å². The fraction of sp³-hybridized carbons (Fsp3) is 0.100. The van der Waals surface area contributed by atoms with Gasteiger partial charge in [0.05, 0.1) is 21.2 Å². The van der Waals surface area contributed by atoms with Gasteiger partial charge in [0.2, 0.25) is 5.65 Å². The van der Waals surface area contributed by atoms with E-state index in [0.29, 0.717) is 16.9 Å². The molecule has 4 aromatic rings. The number of sulfonamides is 1. The Balaban J connectivity index is 1.82. The van der Waals surface area contributed by atoms with Crippen molar-refractivity contribution in [2.24, 2.45) is 0 Å². The van der Waals surface area contributed by atoms with E-state index >= 15 is 0 Å². The first kappa shape index (κ1) is 19.5. The SMILES string of the molecule is CCN(c1cccc(-c2ccnc3c([N+](=O)[O-])cnn23)c1)S(=O)(=O)c1ccccc1. The average Bonchev–Trinajstić information content (AvgIpc) is 3.19. The first-order valence-corrected chi connectivity index (χ1v) is 10.5. The molecule has 0 saturated carbocycles. The highest BCUT2D eigenvalue weighted by atomic mass is 32.2. The predicted molar refractivity (Wildman–Crippen MR) is 112 cm³/mol. The molecule has 0 amide bonds. The summed E-state index contributed by atoms with van der Waals surface area (Å²) >= 11 is 0. The van der Waals surface area contributed by atoms with Crippen LogP contribution in [0.15, 0.2) is 78.0 Å². The van der Waals surface area contributed by atoms with Crippen molar-refractivity contribution in [3.05, 3.63) is 83.2 Å². The first-order chi connectivity index (χ1) is 14.4. The molecule has 9 nitrogen and oxygen atoms in total. The van der Waals surface area contributed by atoms with Crippen LogP contribution in [0.25, 0.3) is 16.9 Å². The van der Waals surface area contributed by atoms with E-state index in [1.807, 2.05) is 0 Å². The van der Waals surface area contributed by atoms with Gasteiger partial charge in [-0.25, -0.2) is 17.9 Å². The summed E-state index contributed by atoms with van der Waals surface area (Å²) in [7, 11) is -3.74. The van der Waals surface area contributed by atoms with Gasteiger partial charge < -0.3 is 0 Å². The van der Waals surface area contributed by atoms with Crippen molar-refractivity contribution in [2.75, 3.05) is 10.8 Å². The molecule has 152 valence electrons. The van der Waals surface area contributed by atoms with Crippen LogP contribution < -0.4 is 4.31 Å². The Morgan fingerprint density at radius 2 is 1.87 bits per heavy atom. The van der Waals surface area contributed by atoms with Crippen molar-refractivity contribution in [1.82, 2.24) is 14.6 Å². The molecule has 4 rings (SSSR count). The molecule has 2 aromatic heterocycles. The van der Waals surface area contributed by atoms with E-state index in [4.69, 9.17) is 0 Å². The zero-order valence-corrected chi connectivity index (χ0v) is 16.7. The molecule has 0 fully saturated rings. The number of nitrogens with zero attached hydrogens (tertiary/aromatic N) is 5. The van der Waals surface area contributed by atoms with Crippen LogP contribution in [0.2, 0.25) is 0 Å². The second-order valence-corrected chi connectivity index (χ2v) is 8.25. The van der Waals surface area contributed by atoms with E-state index in [0.717, 1.165) is 6.20 Å². The third-order valence-electron chi connectivity index (χ3n) is 4.63. The van der Waals surface area contributed by atoms with Gasteiger partial charge in [-0.05, 0) is 37.3 Å². The van der Waals surface area contributed by atoms with Gasteiger partial charge in [-0.2, -0.15) is 5.10 Å². The molecule has 2 aromatic carbocycles. The van der Waals surface area contributed by atoms with Crippen molar-refractivity contribution in [2.45, 2.75) is 11.8 Å². The van der Waals surface area contributed by atoms with E-state index in [1.165, 1.54) is 15.0 Å². The van der Waals surface area contributed by atoms with Crippen LogP contribution in [0, 0.1) is 10.1 Å². The molecule has 30 heavy (non-hydrogen) atoms. The van der Waals surface area contributed by atoms with Crippen LogP contribution in [-0.4, -0.2) is 34.5 Å². The third kappa shape index (κ3) is 3.26. The van der Waals surface area contributed by atoms with E-state index in [9.17, 15) is 18.5 Å². The summed E-state index contributed by atoms with van der Waals surface area (Å²) in [6.07, 6.45) is 2.61. The lowest BCUT2D eigenvalue weighted by Gasteiger charge is -2.23. The Labute approximate surface area is 172 Å². The quantitative estimate of drug-likeness (QED) is 0.347. The molecule has 0 saturated heterocycles. The van der Waals surface area contributed by atoms with Crippen LogP contribution in [-0.2, 0) is 10.0 Å². The second-order valence-electron chi connectivity index (χ2n) is 6.39. The van der Waals surface area contributed by atoms with Crippen molar-refractivity contribution < 1.29 is 13.3 Å². The van der Waals surface area contributed by atoms with Crippen molar-refractivity contribution in [1.29, 1.82) is 0 Å². The van der Waals surface area contributed by atoms with Gasteiger partial charge >= 0.3 is 5.69 Å². The van der Waals surface area contributed by atoms with Gasteiger partial charge in [-0.15, -0.1) is 0 Å². The highest BCUT2D eigenvalue weighted by Crippen LogP contribution is 2.29. The number of fused-ring (bicyclic) bond motifs is 1. The van der Waals surface area contributed by atoms with Crippen molar-refractivity contribution >= 4 is 27.0 Å². The number of rotatable bonds is 6. The van der Waals surface area contributed by atoms with Crippen LogP contribution in [0.3, 0.4) is 0 Å². The Hall–Kier alpha value is -3.79. The van der Waals surface area contributed by atoms with Crippen LogP contribution in [0.1, 0.15) is 6.92 Å². The average molecular weight is 423 g/mol. The van der Waals surface area contributed by atoms with Gasteiger partial charge in [0.1, 0.15) is 6.20 Å². The van der Waals surface area contributed by atoms with Crippen molar-refractivity contribution in [3.63, 3.8) is 0 Å². The zero-order valence-electron chi connectivity index (χ0n) is 15.9. The van der Waals surface area contributed by atoms with Crippen LogP contribution in [0.5, 0.6) is 0 Å². The summed E-state index contributed by atoms with van der Waals surface area (Å²) in [5, 5.41) is 15.3. The molecule has 0 aliphatic carbocycles. The van der Waals surface area contributed by atoms with E-state index in [-0.39, 0.29) is 22.8 Å². The van der Waals surface area contributed by atoms with E-state index in [2.05, 4.69) is 10.1 Å². The third-order valence-corrected chi connectivity index (χ3v) is 6.54. The number of nitro groups is 1. The van der Waals surface area contributed by atoms with Gasteiger partial charge in [-0.3, -0.25) is 14.4 Å². The molecule has 0 aliphatic heterocycles. The number of hydrogen-bond acceptors (Lipinski definition) is 6. The summed E-state index contributed by atoms with van der Waals surface area (Å²) in [4.78, 5) is 14.9. The van der Waals surface area contributed by atoms with Crippen LogP contribution >= 0.6 is 0 Å². The molecule has 0 radical (unpaired) electrons. The lowest BCUT2D eigenvalue weighted by atomic mass is 10.1. The van der Waals surface area contributed by atoms with Gasteiger partial charge in [-0.1, -0.05) is 30.3 Å². The fourth-order valence-electron chi connectivity index (χ4n) is 3.26. The number of hydrogen-bond donors (Lipinski definition) is 0. The molecule has 0 bridgehead atoms. The number of anilines is 1. The Morgan fingerprint density at radius 1 is 1.10 bits per heavy atom. The normalized spacial score (nSPS) is 11.5. The monoisotopic (exact) mass is 423 g/mol. The fourth-order valence-corrected chi connectivity index (χ4v) is 4.74. The number of aromatic nitrogens is 3. The van der Waals surface area contributed by atoms with Gasteiger partial charge in [0, 0.05) is 18.3 Å². The lowest BCUT2D eigenvalue weighted by Crippen LogP contribution is -2.30. The lowest BCUT2D eigenvalue weighted by molar-refractivity contribution is -0.383. The van der Waals surface area contributed by atoms with Crippen LogP contribution in [0.4, 0.5) is 11.4 Å². The summed E-state index contributed by atoms with van der Waals surface area (Å²) in [6, 6.07) is 16.8. The second kappa shape index (κ2) is 7.56. The number of benzene rings is 2. The molecular formula is C20H17N5O4S. The summed E-state index contributed by atoms with van der Waals surface area (Å²) in [6.45, 7) is 1.99.